The first-order valence-corrected chi connectivity index (χ1v) is 5.58. The molecular weight excluding hydrogens is 325 g/mol. The van der Waals surface area contributed by atoms with E-state index in [2.05, 4.69) is 26.2 Å². The minimum absolute atomic E-state index is 0.225. The maximum Gasteiger partial charge on any atom is 0.200 e. The van der Waals surface area contributed by atoms with Gasteiger partial charge < -0.3 is 0 Å². The summed E-state index contributed by atoms with van der Waals surface area (Å²) in [5, 5.41) is 6.99. The first-order chi connectivity index (χ1) is 8.47. The fourth-order valence-electron chi connectivity index (χ4n) is 1.26. The molecule has 0 radical (unpaired) electrons. The molecule has 9 heteroatoms. The highest BCUT2D eigenvalue weighted by Crippen LogP contribution is 2.25. The molecule has 0 aliphatic heterocycles. The van der Waals surface area contributed by atoms with Crippen molar-refractivity contribution in [3.8, 4) is 5.69 Å². The Balaban J connectivity index is 2.71. The van der Waals surface area contributed by atoms with Crippen LogP contribution in [0.5, 0.6) is 0 Å². The summed E-state index contributed by atoms with van der Waals surface area (Å²) in [7, 11) is 0. The summed E-state index contributed by atoms with van der Waals surface area (Å²) in [4.78, 5) is 0. The summed E-state index contributed by atoms with van der Waals surface area (Å²) in [5.74, 6) is -10.2. The molecule has 1 aromatic carbocycles. The van der Waals surface area contributed by atoms with Gasteiger partial charge in [-0.1, -0.05) is 21.1 Å². The van der Waals surface area contributed by atoms with Crippen molar-refractivity contribution >= 4 is 15.9 Å². The third-order valence-corrected chi connectivity index (χ3v) is 2.67. The van der Waals surface area contributed by atoms with Crippen LogP contribution in [0, 0.1) is 29.1 Å². The Kier molecular flexibility index (Phi) is 3.33. The summed E-state index contributed by atoms with van der Waals surface area (Å²) in [5.41, 5.74) is -0.884. The predicted molar refractivity (Wildman–Crippen MR) is 53.8 cm³/mol. The third-order valence-electron chi connectivity index (χ3n) is 2.09. The van der Waals surface area contributed by atoms with E-state index in [1.807, 2.05) is 0 Å². The lowest BCUT2D eigenvalue weighted by Gasteiger charge is -2.06. The van der Waals surface area contributed by atoms with Crippen molar-refractivity contribution in [1.29, 1.82) is 0 Å². The van der Waals surface area contributed by atoms with Gasteiger partial charge in [0.15, 0.2) is 23.3 Å². The van der Waals surface area contributed by atoms with Crippen molar-refractivity contribution in [2.45, 2.75) is 5.33 Å². The van der Waals surface area contributed by atoms with E-state index < -0.39 is 34.8 Å². The van der Waals surface area contributed by atoms with E-state index in [4.69, 9.17) is 0 Å². The second-order valence-electron chi connectivity index (χ2n) is 3.21. The standard InChI is InChI=1S/C9H3BrF5N3/c10-1-3-2-18(17-16-3)9-7(14)5(12)4(11)6(13)8(9)15/h2H,1H2. The molecule has 0 saturated heterocycles. The van der Waals surface area contributed by atoms with E-state index in [0.717, 1.165) is 6.20 Å². The summed E-state index contributed by atoms with van der Waals surface area (Å²) in [6, 6.07) is 0. The van der Waals surface area contributed by atoms with Gasteiger partial charge in [-0.05, 0) is 0 Å². The Bertz CT molecular complexity index is 583. The Morgan fingerprint density at radius 3 is 1.89 bits per heavy atom. The number of aromatic nitrogens is 3. The average molecular weight is 328 g/mol. The molecule has 1 aromatic heterocycles. The lowest BCUT2D eigenvalue weighted by molar-refractivity contribution is 0.373. The monoisotopic (exact) mass is 327 g/mol. The minimum atomic E-state index is -2.21. The molecule has 0 spiro atoms. The van der Waals surface area contributed by atoms with Gasteiger partial charge >= 0.3 is 0 Å². The van der Waals surface area contributed by atoms with Crippen LogP contribution in [-0.2, 0) is 5.33 Å². The topological polar surface area (TPSA) is 30.7 Å². The van der Waals surface area contributed by atoms with Crippen LogP contribution in [0.1, 0.15) is 5.69 Å². The fourth-order valence-corrected chi connectivity index (χ4v) is 1.52. The molecule has 0 fully saturated rings. The first kappa shape index (κ1) is 12.9. The van der Waals surface area contributed by atoms with Gasteiger partial charge in [-0.15, -0.1) is 5.10 Å². The SMILES string of the molecule is Fc1c(F)c(F)c(-n2cc(CBr)nn2)c(F)c1F. The quantitative estimate of drug-likeness (QED) is 0.367. The average Bonchev–Trinajstić information content (AvgIpc) is 2.83. The maximum atomic E-state index is 13.4. The molecule has 18 heavy (non-hydrogen) atoms. The molecule has 96 valence electrons. The second-order valence-corrected chi connectivity index (χ2v) is 3.77. The van der Waals surface area contributed by atoms with E-state index in [1.165, 1.54) is 0 Å². The van der Waals surface area contributed by atoms with Crippen molar-refractivity contribution < 1.29 is 22.0 Å². The van der Waals surface area contributed by atoms with Crippen LogP contribution in [-0.4, -0.2) is 15.0 Å². The zero-order valence-electron chi connectivity index (χ0n) is 8.39. The number of rotatable bonds is 2. The normalized spacial score (nSPS) is 11.0. The number of benzene rings is 1. The molecule has 3 nitrogen and oxygen atoms in total. The van der Waals surface area contributed by atoms with Crippen molar-refractivity contribution in [2.75, 3.05) is 0 Å². The highest BCUT2D eigenvalue weighted by Gasteiger charge is 2.27. The van der Waals surface area contributed by atoms with Crippen molar-refractivity contribution in [3.63, 3.8) is 0 Å². The van der Waals surface area contributed by atoms with Gasteiger partial charge in [0, 0.05) is 5.33 Å². The maximum absolute atomic E-state index is 13.4. The summed E-state index contributed by atoms with van der Waals surface area (Å²) in [6.07, 6.45) is 1.05. The number of alkyl halides is 1. The number of halogens is 6. The summed E-state index contributed by atoms with van der Waals surface area (Å²) < 4.78 is 65.9. The second kappa shape index (κ2) is 4.63. The number of hydrogen-bond acceptors (Lipinski definition) is 2. The van der Waals surface area contributed by atoms with Crippen LogP contribution >= 0.6 is 15.9 Å². The van der Waals surface area contributed by atoms with E-state index >= 15 is 0 Å². The van der Waals surface area contributed by atoms with E-state index in [1.54, 1.807) is 0 Å². The van der Waals surface area contributed by atoms with E-state index in [0.29, 0.717) is 4.68 Å². The molecule has 0 N–H and O–H groups in total. The molecule has 2 aromatic rings. The molecule has 2 rings (SSSR count). The smallest absolute Gasteiger partial charge is 0.200 e. The largest absolute Gasteiger partial charge is 0.214 e. The molecule has 0 unspecified atom stereocenters. The summed E-state index contributed by atoms with van der Waals surface area (Å²) in [6.45, 7) is 0. The number of nitrogens with zero attached hydrogens (tertiary/aromatic N) is 3. The Morgan fingerprint density at radius 1 is 0.944 bits per heavy atom. The van der Waals surface area contributed by atoms with Crippen LogP contribution in [0.2, 0.25) is 0 Å². The highest BCUT2D eigenvalue weighted by molar-refractivity contribution is 9.08. The van der Waals surface area contributed by atoms with Gasteiger partial charge in [-0.3, -0.25) is 0 Å². The Morgan fingerprint density at radius 2 is 1.44 bits per heavy atom. The van der Waals surface area contributed by atoms with Gasteiger partial charge in [0.2, 0.25) is 5.82 Å². The van der Waals surface area contributed by atoms with Gasteiger partial charge in [-0.25, -0.2) is 26.6 Å². The molecule has 0 amide bonds. The summed E-state index contributed by atoms with van der Waals surface area (Å²) >= 11 is 3.01. The van der Waals surface area contributed by atoms with Crippen LogP contribution in [0.3, 0.4) is 0 Å². The van der Waals surface area contributed by atoms with Gasteiger partial charge in [0.05, 0.1) is 11.9 Å². The highest BCUT2D eigenvalue weighted by atomic mass is 79.9. The molecule has 0 saturated carbocycles. The van der Waals surface area contributed by atoms with Gasteiger partial charge in [-0.2, -0.15) is 0 Å². The lowest BCUT2D eigenvalue weighted by atomic mass is 10.2. The molecular formula is C9H3BrF5N3. The van der Waals surface area contributed by atoms with Crippen LogP contribution in [0.25, 0.3) is 5.69 Å². The number of hydrogen-bond donors (Lipinski definition) is 0. The Hall–Kier alpha value is -1.51. The van der Waals surface area contributed by atoms with Crippen LogP contribution in [0.15, 0.2) is 6.20 Å². The van der Waals surface area contributed by atoms with Crippen molar-refractivity contribution in [1.82, 2.24) is 15.0 Å². The predicted octanol–water partition coefficient (Wildman–Crippen LogP) is 2.86. The first-order valence-electron chi connectivity index (χ1n) is 4.46. The van der Waals surface area contributed by atoms with Crippen LogP contribution in [0.4, 0.5) is 22.0 Å². The van der Waals surface area contributed by atoms with Gasteiger partial charge in [0.25, 0.3) is 0 Å². The van der Waals surface area contributed by atoms with Gasteiger partial charge in [0.1, 0.15) is 5.69 Å². The fraction of sp³-hybridized carbons (Fsp3) is 0.111. The van der Waals surface area contributed by atoms with Crippen LogP contribution < -0.4 is 0 Å². The Labute approximate surface area is 105 Å². The molecule has 0 aliphatic carbocycles. The zero-order valence-corrected chi connectivity index (χ0v) is 9.98. The lowest BCUT2D eigenvalue weighted by Crippen LogP contribution is -2.10. The molecule has 0 bridgehead atoms. The molecule has 0 atom stereocenters. The zero-order chi connectivity index (χ0) is 13.4. The van der Waals surface area contributed by atoms with E-state index in [9.17, 15) is 22.0 Å². The third kappa shape index (κ3) is 1.88. The minimum Gasteiger partial charge on any atom is -0.214 e. The molecule has 1 heterocycles. The van der Waals surface area contributed by atoms with Crippen molar-refractivity contribution in [3.05, 3.63) is 41.0 Å². The molecule has 0 aliphatic rings. The van der Waals surface area contributed by atoms with E-state index in [-0.39, 0.29) is 11.0 Å². The van der Waals surface area contributed by atoms with Crippen molar-refractivity contribution in [2.24, 2.45) is 0 Å².